The standard InChI is InChI=1S/C15H22N4O3S/c20-12-18-1-3-19(4-2-18)15(21)9-13-11-23-14(16-13)10-17-5-7-22-8-6-17/h11-12H,1-10H2. The molecule has 3 rings (SSSR count). The summed E-state index contributed by atoms with van der Waals surface area (Å²) in [5, 5.41) is 3.04. The normalized spacial score (nSPS) is 19.8. The molecule has 1 aromatic heterocycles. The molecule has 2 amide bonds. The molecule has 0 bridgehead atoms. The minimum absolute atomic E-state index is 0.0961. The van der Waals surface area contributed by atoms with Gasteiger partial charge >= 0.3 is 0 Å². The minimum atomic E-state index is 0.0961. The first-order valence-electron chi connectivity index (χ1n) is 7.95. The third kappa shape index (κ3) is 4.49. The first kappa shape index (κ1) is 16.4. The summed E-state index contributed by atoms with van der Waals surface area (Å²) < 4.78 is 5.34. The molecule has 0 atom stereocenters. The highest BCUT2D eigenvalue weighted by atomic mass is 32.1. The number of carbonyl (C=O) groups is 2. The zero-order chi connectivity index (χ0) is 16.1. The van der Waals surface area contributed by atoms with Crippen LogP contribution in [0.25, 0.3) is 0 Å². The van der Waals surface area contributed by atoms with Crippen LogP contribution in [0.2, 0.25) is 0 Å². The molecule has 0 N–H and O–H groups in total. The summed E-state index contributed by atoms with van der Waals surface area (Å²) in [6.07, 6.45) is 1.20. The maximum atomic E-state index is 12.3. The molecule has 0 aliphatic carbocycles. The lowest BCUT2D eigenvalue weighted by Crippen LogP contribution is -2.48. The van der Waals surface area contributed by atoms with E-state index in [-0.39, 0.29) is 5.91 Å². The molecule has 2 fully saturated rings. The lowest BCUT2D eigenvalue weighted by atomic mass is 10.2. The van der Waals surface area contributed by atoms with Crippen LogP contribution in [-0.4, -0.2) is 84.5 Å². The summed E-state index contributed by atoms with van der Waals surface area (Å²) in [5.74, 6) is 0.0961. The average Bonchev–Trinajstić information content (AvgIpc) is 3.02. The predicted molar refractivity (Wildman–Crippen MR) is 86.1 cm³/mol. The van der Waals surface area contributed by atoms with Crippen molar-refractivity contribution in [3.8, 4) is 0 Å². The van der Waals surface area contributed by atoms with Gasteiger partial charge in [0.25, 0.3) is 0 Å². The van der Waals surface area contributed by atoms with Crippen molar-refractivity contribution in [1.29, 1.82) is 0 Å². The topological polar surface area (TPSA) is 66.0 Å². The second kappa shape index (κ2) is 7.85. The van der Waals surface area contributed by atoms with Crippen molar-refractivity contribution in [2.45, 2.75) is 13.0 Å². The Bertz CT molecular complexity index is 537. The Hall–Kier alpha value is -1.51. The molecule has 2 aliphatic rings. The molecule has 0 aromatic carbocycles. The highest BCUT2D eigenvalue weighted by molar-refractivity contribution is 7.09. The number of rotatable bonds is 5. The van der Waals surface area contributed by atoms with Crippen molar-refractivity contribution in [3.63, 3.8) is 0 Å². The lowest BCUT2D eigenvalue weighted by molar-refractivity contribution is -0.134. The van der Waals surface area contributed by atoms with Gasteiger partial charge in [0.1, 0.15) is 5.01 Å². The van der Waals surface area contributed by atoms with Crippen LogP contribution < -0.4 is 0 Å². The van der Waals surface area contributed by atoms with E-state index in [9.17, 15) is 9.59 Å². The van der Waals surface area contributed by atoms with Gasteiger partial charge in [-0.05, 0) is 0 Å². The Labute approximate surface area is 139 Å². The lowest BCUT2D eigenvalue weighted by Gasteiger charge is -2.32. The number of carbonyl (C=O) groups excluding carboxylic acids is 2. The zero-order valence-corrected chi connectivity index (χ0v) is 14.0. The van der Waals surface area contributed by atoms with Gasteiger partial charge in [-0.3, -0.25) is 14.5 Å². The third-order valence-corrected chi connectivity index (χ3v) is 5.09. The van der Waals surface area contributed by atoms with E-state index in [1.807, 2.05) is 10.3 Å². The maximum Gasteiger partial charge on any atom is 0.228 e. The van der Waals surface area contributed by atoms with Crippen LogP contribution in [0.15, 0.2) is 5.38 Å². The van der Waals surface area contributed by atoms with E-state index in [1.165, 1.54) is 0 Å². The van der Waals surface area contributed by atoms with Crippen molar-refractivity contribution >= 4 is 23.7 Å². The van der Waals surface area contributed by atoms with Crippen LogP contribution >= 0.6 is 11.3 Å². The molecule has 2 saturated heterocycles. The Morgan fingerprint density at radius 2 is 1.96 bits per heavy atom. The number of hydrogen-bond acceptors (Lipinski definition) is 6. The minimum Gasteiger partial charge on any atom is -0.379 e. The predicted octanol–water partition coefficient (Wildman–Crippen LogP) is -0.182. The van der Waals surface area contributed by atoms with Crippen molar-refractivity contribution in [1.82, 2.24) is 19.7 Å². The number of ether oxygens (including phenoxy) is 1. The van der Waals surface area contributed by atoms with Crippen LogP contribution in [0, 0.1) is 0 Å². The van der Waals surface area contributed by atoms with E-state index < -0.39 is 0 Å². The number of thiazole rings is 1. The van der Waals surface area contributed by atoms with E-state index in [2.05, 4.69) is 9.88 Å². The summed E-state index contributed by atoms with van der Waals surface area (Å²) in [5.41, 5.74) is 0.848. The van der Waals surface area contributed by atoms with Crippen molar-refractivity contribution in [2.24, 2.45) is 0 Å². The fraction of sp³-hybridized carbons (Fsp3) is 0.667. The number of piperazine rings is 1. The Morgan fingerprint density at radius 1 is 1.22 bits per heavy atom. The van der Waals surface area contributed by atoms with Crippen LogP contribution in [0.3, 0.4) is 0 Å². The van der Waals surface area contributed by atoms with Gasteiger partial charge in [0.15, 0.2) is 0 Å². The highest BCUT2D eigenvalue weighted by Crippen LogP contribution is 2.15. The van der Waals surface area contributed by atoms with Crippen LogP contribution in [0.5, 0.6) is 0 Å². The van der Waals surface area contributed by atoms with Crippen LogP contribution in [-0.2, 0) is 27.3 Å². The van der Waals surface area contributed by atoms with E-state index in [4.69, 9.17) is 4.74 Å². The highest BCUT2D eigenvalue weighted by Gasteiger charge is 2.21. The van der Waals surface area contributed by atoms with Gasteiger partial charge in [-0.1, -0.05) is 0 Å². The Kier molecular flexibility index (Phi) is 5.58. The van der Waals surface area contributed by atoms with Crippen LogP contribution in [0.1, 0.15) is 10.7 Å². The number of amides is 2. The second-order valence-corrected chi connectivity index (χ2v) is 6.76. The van der Waals surface area contributed by atoms with Crippen molar-refractivity contribution in [3.05, 3.63) is 16.1 Å². The average molecular weight is 338 g/mol. The Morgan fingerprint density at radius 3 is 2.65 bits per heavy atom. The fourth-order valence-corrected chi connectivity index (χ4v) is 3.63. The largest absolute Gasteiger partial charge is 0.379 e. The number of hydrogen-bond donors (Lipinski definition) is 0. The molecule has 3 heterocycles. The van der Waals surface area contributed by atoms with Crippen LogP contribution in [0.4, 0.5) is 0 Å². The monoisotopic (exact) mass is 338 g/mol. The van der Waals surface area contributed by atoms with E-state index in [1.54, 1.807) is 16.2 Å². The molecular formula is C15H22N4O3S. The molecule has 0 unspecified atom stereocenters. The summed E-state index contributed by atoms with van der Waals surface area (Å²) in [4.78, 5) is 33.5. The number of aromatic nitrogens is 1. The summed E-state index contributed by atoms with van der Waals surface area (Å²) in [6, 6.07) is 0. The van der Waals surface area contributed by atoms with Gasteiger partial charge in [0, 0.05) is 44.6 Å². The Balaban J connectivity index is 1.48. The molecule has 0 spiro atoms. The summed E-state index contributed by atoms with van der Waals surface area (Å²) >= 11 is 1.62. The first-order chi connectivity index (χ1) is 11.2. The molecule has 2 aliphatic heterocycles. The van der Waals surface area contributed by atoms with E-state index in [0.717, 1.165) is 50.0 Å². The molecule has 8 heteroatoms. The van der Waals surface area contributed by atoms with E-state index >= 15 is 0 Å². The van der Waals surface area contributed by atoms with Gasteiger partial charge in [0.2, 0.25) is 12.3 Å². The molecule has 7 nitrogen and oxygen atoms in total. The van der Waals surface area contributed by atoms with Crippen molar-refractivity contribution < 1.29 is 14.3 Å². The van der Waals surface area contributed by atoms with Gasteiger partial charge in [-0.15, -0.1) is 11.3 Å². The van der Waals surface area contributed by atoms with Crippen molar-refractivity contribution in [2.75, 3.05) is 52.5 Å². The quantitative estimate of drug-likeness (QED) is 0.697. The smallest absolute Gasteiger partial charge is 0.228 e. The molecule has 126 valence electrons. The fourth-order valence-electron chi connectivity index (χ4n) is 2.80. The van der Waals surface area contributed by atoms with Gasteiger partial charge in [0.05, 0.1) is 31.9 Å². The van der Waals surface area contributed by atoms with E-state index in [0.29, 0.717) is 32.6 Å². The first-order valence-corrected chi connectivity index (χ1v) is 8.83. The summed E-state index contributed by atoms with van der Waals surface area (Å²) in [6.45, 7) is 6.74. The molecule has 1 aromatic rings. The van der Waals surface area contributed by atoms with Gasteiger partial charge < -0.3 is 14.5 Å². The SMILES string of the molecule is O=CN1CCN(C(=O)Cc2csc(CN3CCOCC3)n2)CC1. The maximum absolute atomic E-state index is 12.3. The third-order valence-electron chi connectivity index (χ3n) is 4.21. The molecule has 0 radical (unpaired) electrons. The van der Waals surface area contributed by atoms with Gasteiger partial charge in [-0.2, -0.15) is 0 Å². The number of morpholine rings is 1. The number of nitrogens with zero attached hydrogens (tertiary/aromatic N) is 4. The summed E-state index contributed by atoms with van der Waals surface area (Å²) in [7, 11) is 0. The molecule has 0 saturated carbocycles. The zero-order valence-electron chi connectivity index (χ0n) is 13.1. The van der Waals surface area contributed by atoms with Gasteiger partial charge in [-0.25, -0.2) is 4.98 Å². The molecule has 23 heavy (non-hydrogen) atoms. The second-order valence-electron chi connectivity index (χ2n) is 5.82. The molecular weight excluding hydrogens is 316 g/mol.